The van der Waals surface area contributed by atoms with E-state index in [1.54, 1.807) is 11.3 Å². The van der Waals surface area contributed by atoms with Gasteiger partial charge in [-0.15, -0.1) is 22.9 Å². The molecule has 0 fully saturated rings. The maximum absolute atomic E-state index is 5.83. The Balaban J connectivity index is 2.85. The van der Waals surface area contributed by atoms with Gasteiger partial charge in [0.15, 0.2) is 0 Å². The number of hydrogen-bond donors (Lipinski definition) is 1. The van der Waals surface area contributed by atoms with Crippen LogP contribution in [-0.2, 0) is 5.88 Å². The molecule has 2 aromatic rings. The van der Waals surface area contributed by atoms with Crippen LogP contribution in [0.3, 0.4) is 0 Å². The van der Waals surface area contributed by atoms with E-state index < -0.39 is 0 Å². The summed E-state index contributed by atoms with van der Waals surface area (Å²) < 4.78 is 2.38. The minimum atomic E-state index is 0.555. The van der Waals surface area contributed by atoms with Crippen LogP contribution >= 0.6 is 45.5 Å². The van der Waals surface area contributed by atoms with Crippen LogP contribution < -0.4 is 5.73 Å². The highest BCUT2D eigenvalue weighted by molar-refractivity contribution is 14.1. The third-order valence-corrected chi connectivity index (χ3v) is 4.37. The van der Waals surface area contributed by atoms with Gasteiger partial charge in [-0.3, -0.25) is 0 Å². The molecule has 1 aromatic carbocycles. The lowest BCUT2D eigenvalue weighted by Gasteiger charge is -2.01. The zero-order valence-corrected chi connectivity index (χ0v) is 10.4. The molecule has 0 spiro atoms. The number of nitrogen functional groups attached to an aromatic ring is 1. The topological polar surface area (TPSA) is 26.0 Å². The molecule has 68 valence electrons. The second-order valence-corrected chi connectivity index (χ2v) is 4.99. The summed E-state index contributed by atoms with van der Waals surface area (Å²) in [4.78, 5) is 0. The standard InChI is InChI=1S/C9H7ClINS/c10-3-5-4-13-7-2-1-6(12)9(11)8(5)7/h1-2,4H,3,12H2. The summed E-state index contributed by atoms with van der Waals surface area (Å²) in [7, 11) is 0. The van der Waals surface area contributed by atoms with Crippen LogP contribution in [0.15, 0.2) is 17.5 Å². The van der Waals surface area contributed by atoms with Crippen molar-refractivity contribution < 1.29 is 0 Å². The highest BCUT2D eigenvalue weighted by Crippen LogP contribution is 2.33. The Morgan fingerprint density at radius 2 is 2.23 bits per heavy atom. The van der Waals surface area contributed by atoms with E-state index in [-0.39, 0.29) is 0 Å². The van der Waals surface area contributed by atoms with Crippen LogP contribution in [0.1, 0.15) is 5.56 Å². The van der Waals surface area contributed by atoms with Gasteiger partial charge in [0.2, 0.25) is 0 Å². The fourth-order valence-corrected chi connectivity index (χ4v) is 3.53. The number of fused-ring (bicyclic) bond motifs is 1. The first-order chi connectivity index (χ1) is 6.24. The molecule has 0 amide bonds. The van der Waals surface area contributed by atoms with Crippen molar-refractivity contribution in [1.82, 2.24) is 0 Å². The van der Waals surface area contributed by atoms with Crippen molar-refractivity contribution in [2.45, 2.75) is 5.88 Å². The fourth-order valence-electron chi connectivity index (χ4n) is 1.26. The van der Waals surface area contributed by atoms with Crippen molar-refractivity contribution in [3.63, 3.8) is 0 Å². The lowest BCUT2D eigenvalue weighted by molar-refractivity contribution is 1.49. The number of halogens is 2. The highest BCUT2D eigenvalue weighted by Gasteiger charge is 2.08. The Bertz CT molecular complexity index is 452. The Hall–Kier alpha value is -0.000000000000000111. The quantitative estimate of drug-likeness (QED) is 0.482. The third-order valence-electron chi connectivity index (χ3n) is 1.93. The molecule has 2 rings (SSSR count). The SMILES string of the molecule is Nc1ccc2scc(CCl)c2c1I. The van der Waals surface area contributed by atoms with Gasteiger partial charge in [0, 0.05) is 25.2 Å². The highest BCUT2D eigenvalue weighted by atomic mass is 127. The van der Waals surface area contributed by atoms with Crippen LogP contribution in [-0.4, -0.2) is 0 Å². The summed E-state index contributed by atoms with van der Waals surface area (Å²) in [6.07, 6.45) is 0. The van der Waals surface area contributed by atoms with E-state index in [0.717, 1.165) is 9.26 Å². The number of rotatable bonds is 1. The van der Waals surface area contributed by atoms with Crippen LogP contribution in [0.25, 0.3) is 10.1 Å². The molecule has 0 saturated heterocycles. The van der Waals surface area contributed by atoms with E-state index in [0.29, 0.717) is 5.88 Å². The van der Waals surface area contributed by atoms with Gasteiger partial charge >= 0.3 is 0 Å². The summed E-state index contributed by atoms with van der Waals surface area (Å²) in [5.74, 6) is 0.555. The molecule has 1 nitrogen and oxygen atoms in total. The molecule has 0 atom stereocenters. The third kappa shape index (κ3) is 1.53. The molecule has 1 heterocycles. The van der Waals surface area contributed by atoms with Gasteiger partial charge < -0.3 is 5.73 Å². The van der Waals surface area contributed by atoms with Crippen molar-refractivity contribution in [3.05, 3.63) is 26.6 Å². The molecule has 0 aliphatic heterocycles. The summed E-state index contributed by atoms with van der Waals surface area (Å²) in [6.45, 7) is 0. The second kappa shape index (κ2) is 3.63. The average molecular weight is 324 g/mol. The largest absolute Gasteiger partial charge is 0.398 e. The molecule has 13 heavy (non-hydrogen) atoms. The maximum atomic E-state index is 5.83. The summed E-state index contributed by atoms with van der Waals surface area (Å²) in [5, 5.41) is 3.32. The van der Waals surface area contributed by atoms with Crippen LogP contribution in [0.2, 0.25) is 0 Å². The van der Waals surface area contributed by atoms with Crippen LogP contribution in [0, 0.1) is 3.57 Å². The Labute approximate surface area is 99.0 Å². The molecular weight excluding hydrogens is 317 g/mol. The number of benzene rings is 1. The van der Waals surface area contributed by atoms with Crippen molar-refractivity contribution in [1.29, 1.82) is 0 Å². The minimum absolute atomic E-state index is 0.555. The maximum Gasteiger partial charge on any atom is 0.0488 e. The van der Waals surface area contributed by atoms with E-state index in [1.165, 1.54) is 15.6 Å². The minimum Gasteiger partial charge on any atom is -0.398 e. The second-order valence-electron chi connectivity index (χ2n) is 2.74. The molecule has 0 aliphatic carbocycles. The van der Waals surface area contributed by atoms with E-state index in [4.69, 9.17) is 17.3 Å². The molecular formula is C9H7ClINS. The molecule has 0 bridgehead atoms. The Kier molecular flexibility index (Phi) is 2.67. The van der Waals surface area contributed by atoms with Gasteiger partial charge in [-0.25, -0.2) is 0 Å². The zero-order valence-electron chi connectivity index (χ0n) is 6.68. The van der Waals surface area contributed by atoms with Crippen molar-refractivity contribution in [2.24, 2.45) is 0 Å². The van der Waals surface area contributed by atoms with E-state index in [1.807, 2.05) is 12.1 Å². The van der Waals surface area contributed by atoms with Crippen molar-refractivity contribution in [2.75, 3.05) is 5.73 Å². The first kappa shape index (κ1) is 9.55. The van der Waals surface area contributed by atoms with Crippen molar-refractivity contribution >= 4 is 61.3 Å². The van der Waals surface area contributed by atoms with Crippen LogP contribution in [0.4, 0.5) is 5.69 Å². The predicted molar refractivity (Wildman–Crippen MR) is 68.5 cm³/mol. The van der Waals surface area contributed by atoms with Gasteiger partial charge in [-0.2, -0.15) is 0 Å². The molecule has 0 unspecified atom stereocenters. The number of thiophene rings is 1. The van der Waals surface area contributed by atoms with Gasteiger partial charge in [0.1, 0.15) is 0 Å². The first-order valence-electron chi connectivity index (χ1n) is 3.74. The molecule has 0 saturated carbocycles. The van der Waals surface area contributed by atoms with E-state index in [2.05, 4.69) is 28.0 Å². The predicted octanol–water partition coefficient (Wildman–Crippen LogP) is 3.83. The molecule has 4 heteroatoms. The van der Waals surface area contributed by atoms with Crippen molar-refractivity contribution in [3.8, 4) is 0 Å². The lowest BCUT2D eigenvalue weighted by atomic mass is 10.2. The molecule has 1 aromatic heterocycles. The van der Waals surface area contributed by atoms with Gasteiger partial charge in [0.25, 0.3) is 0 Å². The van der Waals surface area contributed by atoms with Gasteiger partial charge in [0.05, 0.1) is 0 Å². The number of hydrogen-bond acceptors (Lipinski definition) is 2. The molecule has 0 aliphatic rings. The first-order valence-corrected chi connectivity index (χ1v) is 6.23. The summed E-state index contributed by atoms with van der Waals surface area (Å²) in [5.41, 5.74) is 7.83. The fraction of sp³-hybridized carbons (Fsp3) is 0.111. The Morgan fingerprint density at radius 3 is 2.92 bits per heavy atom. The molecule has 2 N–H and O–H groups in total. The smallest absolute Gasteiger partial charge is 0.0488 e. The molecule has 0 radical (unpaired) electrons. The number of nitrogens with two attached hydrogens (primary N) is 1. The zero-order chi connectivity index (χ0) is 9.42. The number of anilines is 1. The number of alkyl halides is 1. The van der Waals surface area contributed by atoms with Gasteiger partial charge in [-0.05, 0) is 45.7 Å². The average Bonchev–Trinajstić information content (AvgIpc) is 2.55. The van der Waals surface area contributed by atoms with E-state index in [9.17, 15) is 0 Å². The van der Waals surface area contributed by atoms with Gasteiger partial charge in [-0.1, -0.05) is 0 Å². The van der Waals surface area contributed by atoms with E-state index >= 15 is 0 Å². The summed E-state index contributed by atoms with van der Waals surface area (Å²) >= 11 is 9.82. The normalized spacial score (nSPS) is 10.9. The monoisotopic (exact) mass is 323 g/mol. The van der Waals surface area contributed by atoms with Crippen LogP contribution in [0.5, 0.6) is 0 Å². The summed E-state index contributed by atoms with van der Waals surface area (Å²) in [6, 6.07) is 3.99. The lowest BCUT2D eigenvalue weighted by Crippen LogP contribution is -1.89. The Morgan fingerprint density at radius 1 is 1.46 bits per heavy atom.